The molecule has 0 bridgehead atoms. The Kier molecular flexibility index (Phi) is 4.19. The highest BCUT2D eigenvalue weighted by Crippen LogP contribution is 2.36. The first-order valence-corrected chi connectivity index (χ1v) is 6.69. The van der Waals surface area contributed by atoms with Crippen LogP contribution in [-0.2, 0) is 10.9 Å². The molecule has 18 heavy (non-hydrogen) atoms. The molecule has 1 aromatic rings. The Morgan fingerprint density at radius 1 is 1.33 bits per heavy atom. The highest BCUT2D eigenvalue weighted by atomic mass is 32.2. The molecule has 2 rings (SSSR count). The summed E-state index contributed by atoms with van der Waals surface area (Å²) in [4.78, 5) is 0. The van der Waals surface area contributed by atoms with Gasteiger partial charge in [-0.2, -0.15) is 24.9 Å². The van der Waals surface area contributed by atoms with Crippen molar-refractivity contribution in [3.63, 3.8) is 0 Å². The van der Waals surface area contributed by atoms with E-state index in [0.29, 0.717) is 12.4 Å². The topological polar surface area (TPSA) is 29.5 Å². The van der Waals surface area contributed by atoms with Crippen LogP contribution in [-0.4, -0.2) is 29.3 Å². The first-order chi connectivity index (χ1) is 8.50. The van der Waals surface area contributed by atoms with Gasteiger partial charge in [0, 0.05) is 11.5 Å². The number of thioether (sulfide) groups is 1. The molecule has 0 aliphatic carbocycles. The molecule has 0 amide bonds. The van der Waals surface area contributed by atoms with Crippen molar-refractivity contribution in [1.29, 1.82) is 0 Å². The van der Waals surface area contributed by atoms with E-state index >= 15 is 0 Å². The zero-order chi connectivity index (χ0) is 13.2. The van der Waals surface area contributed by atoms with Crippen LogP contribution in [0.25, 0.3) is 0 Å². The van der Waals surface area contributed by atoms with E-state index < -0.39 is 23.9 Å². The minimum Gasteiger partial charge on any atom is -0.386 e. The first-order valence-electron chi connectivity index (χ1n) is 5.53. The summed E-state index contributed by atoms with van der Waals surface area (Å²) in [6, 6.07) is 5.09. The van der Waals surface area contributed by atoms with Crippen LogP contribution in [0, 0.1) is 0 Å². The fraction of sp³-hybridized carbons (Fsp3) is 0.500. The van der Waals surface area contributed by atoms with Crippen LogP contribution >= 0.6 is 11.8 Å². The second-order valence-corrected chi connectivity index (χ2v) is 5.16. The lowest BCUT2D eigenvalue weighted by Gasteiger charge is -2.28. The molecule has 0 aromatic heterocycles. The van der Waals surface area contributed by atoms with Crippen molar-refractivity contribution in [2.24, 2.45) is 0 Å². The molecule has 2 atom stereocenters. The fourth-order valence-corrected chi connectivity index (χ4v) is 2.79. The molecule has 0 radical (unpaired) electrons. The summed E-state index contributed by atoms with van der Waals surface area (Å²) in [5, 5.41) is 10.1. The van der Waals surface area contributed by atoms with Crippen molar-refractivity contribution in [2.75, 3.05) is 18.1 Å². The SMILES string of the molecule is OC(c1ccccc1C(F)(F)F)C1CSCCO1. The van der Waals surface area contributed by atoms with Gasteiger partial charge in [-0.1, -0.05) is 18.2 Å². The lowest BCUT2D eigenvalue weighted by Crippen LogP contribution is -2.31. The summed E-state index contributed by atoms with van der Waals surface area (Å²) in [6.07, 6.45) is -6.28. The highest BCUT2D eigenvalue weighted by molar-refractivity contribution is 7.99. The summed E-state index contributed by atoms with van der Waals surface area (Å²) < 4.78 is 43.8. The second-order valence-electron chi connectivity index (χ2n) is 4.01. The summed E-state index contributed by atoms with van der Waals surface area (Å²) >= 11 is 1.57. The number of benzene rings is 1. The fourth-order valence-electron chi connectivity index (χ4n) is 1.90. The van der Waals surface area contributed by atoms with E-state index in [1.165, 1.54) is 18.2 Å². The van der Waals surface area contributed by atoms with Crippen LogP contribution in [0.15, 0.2) is 24.3 Å². The lowest BCUT2D eigenvalue weighted by molar-refractivity contribution is -0.140. The Morgan fingerprint density at radius 2 is 2.06 bits per heavy atom. The predicted octanol–water partition coefficient (Wildman–Crippen LogP) is 2.87. The molecule has 1 saturated heterocycles. The van der Waals surface area contributed by atoms with Gasteiger partial charge >= 0.3 is 6.18 Å². The number of ether oxygens (including phenoxy) is 1. The standard InChI is InChI=1S/C12H13F3O2S/c13-12(14,15)9-4-2-1-3-8(9)11(16)10-7-18-6-5-17-10/h1-4,10-11,16H,5-7H2. The predicted molar refractivity (Wildman–Crippen MR) is 63.5 cm³/mol. The van der Waals surface area contributed by atoms with Crippen molar-refractivity contribution in [3.8, 4) is 0 Å². The molecular formula is C12H13F3O2S. The summed E-state index contributed by atoms with van der Waals surface area (Å²) in [7, 11) is 0. The number of hydrogen-bond donors (Lipinski definition) is 1. The summed E-state index contributed by atoms with van der Waals surface area (Å²) in [5.74, 6) is 1.32. The van der Waals surface area contributed by atoms with E-state index in [0.717, 1.165) is 11.8 Å². The molecule has 1 heterocycles. The number of aliphatic hydroxyl groups excluding tert-OH is 1. The molecule has 1 fully saturated rings. The number of aliphatic hydroxyl groups is 1. The van der Waals surface area contributed by atoms with Crippen LogP contribution in [0.3, 0.4) is 0 Å². The monoisotopic (exact) mass is 278 g/mol. The second kappa shape index (κ2) is 5.50. The number of alkyl halides is 3. The number of rotatable bonds is 2. The third-order valence-electron chi connectivity index (χ3n) is 2.78. The van der Waals surface area contributed by atoms with Crippen molar-refractivity contribution >= 4 is 11.8 Å². The molecular weight excluding hydrogens is 265 g/mol. The quantitative estimate of drug-likeness (QED) is 0.902. The van der Waals surface area contributed by atoms with Gasteiger partial charge in [-0.15, -0.1) is 0 Å². The van der Waals surface area contributed by atoms with Crippen LogP contribution in [0.4, 0.5) is 13.2 Å². The summed E-state index contributed by atoms with van der Waals surface area (Å²) in [6.45, 7) is 0.459. The van der Waals surface area contributed by atoms with Crippen LogP contribution in [0.2, 0.25) is 0 Å². The van der Waals surface area contributed by atoms with E-state index in [9.17, 15) is 18.3 Å². The van der Waals surface area contributed by atoms with Gasteiger partial charge in [0.05, 0.1) is 18.3 Å². The zero-order valence-corrected chi connectivity index (χ0v) is 10.3. The summed E-state index contributed by atoms with van der Waals surface area (Å²) in [5.41, 5.74) is -0.908. The molecule has 1 N–H and O–H groups in total. The molecule has 1 aliphatic rings. The van der Waals surface area contributed by atoms with Gasteiger partial charge in [0.2, 0.25) is 0 Å². The number of halogens is 3. The largest absolute Gasteiger partial charge is 0.416 e. The van der Waals surface area contributed by atoms with Crippen LogP contribution in [0.5, 0.6) is 0 Å². The lowest BCUT2D eigenvalue weighted by atomic mass is 9.99. The molecule has 100 valence electrons. The van der Waals surface area contributed by atoms with E-state index in [-0.39, 0.29) is 5.56 Å². The smallest absolute Gasteiger partial charge is 0.386 e. The maximum absolute atomic E-state index is 12.8. The van der Waals surface area contributed by atoms with E-state index in [1.807, 2.05) is 0 Å². The zero-order valence-electron chi connectivity index (χ0n) is 9.48. The van der Waals surface area contributed by atoms with Gasteiger partial charge in [0.25, 0.3) is 0 Å². The Labute approximate surface area is 107 Å². The van der Waals surface area contributed by atoms with Crippen LogP contribution < -0.4 is 0 Å². The van der Waals surface area contributed by atoms with Gasteiger partial charge in [-0.3, -0.25) is 0 Å². The maximum atomic E-state index is 12.8. The molecule has 6 heteroatoms. The normalized spacial score (nSPS) is 22.8. The molecule has 1 aliphatic heterocycles. The van der Waals surface area contributed by atoms with Gasteiger partial charge in [-0.25, -0.2) is 0 Å². The van der Waals surface area contributed by atoms with Crippen molar-refractivity contribution in [3.05, 3.63) is 35.4 Å². The minimum absolute atomic E-state index is 0.113. The van der Waals surface area contributed by atoms with Gasteiger partial charge in [-0.05, 0) is 11.6 Å². The average molecular weight is 278 g/mol. The third kappa shape index (κ3) is 2.99. The Bertz CT molecular complexity index is 403. The Hall–Kier alpha value is -0.720. The van der Waals surface area contributed by atoms with Crippen molar-refractivity contribution in [1.82, 2.24) is 0 Å². The van der Waals surface area contributed by atoms with E-state index in [4.69, 9.17) is 4.74 Å². The van der Waals surface area contributed by atoms with Gasteiger partial charge < -0.3 is 9.84 Å². The van der Waals surface area contributed by atoms with Gasteiger partial charge in [0.1, 0.15) is 6.10 Å². The Morgan fingerprint density at radius 3 is 2.67 bits per heavy atom. The van der Waals surface area contributed by atoms with Gasteiger partial charge in [0.15, 0.2) is 0 Å². The van der Waals surface area contributed by atoms with E-state index in [1.54, 1.807) is 11.8 Å². The Balaban J connectivity index is 2.26. The molecule has 0 saturated carbocycles. The number of hydrogen-bond acceptors (Lipinski definition) is 3. The third-order valence-corrected chi connectivity index (χ3v) is 3.80. The average Bonchev–Trinajstić information content (AvgIpc) is 2.38. The molecule has 0 spiro atoms. The van der Waals surface area contributed by atoms with Crippen molar-refractivity contribution < 1.29 is 23.0 Å². The van der Waals surface area contributed by atoms with Crippen LogP contribution in [0.1, 0.15) is 17.2 Å². The van der Waals surface area contributed by atoms with E-state index in [2.05, 4.69) is 0 Å². The minimum atomic E-state index is -4.46. The molecule has 2 unspecified atom stereocenters. The molecule has 1 aromatic carbocycles. The van der Waals surface area contributed by atoms with Crippen molar-refractivity contribution in [2.45, 2.75) is 18.4 Å². The first kappa shape index (κ1) is 13.7. The highest BCUT2D eigenvalue weighted by Gasteiger charge is 2.36. The molecule has 2 nitrogen and oxygen atoms in total. The maximum Gasteiger partial charge on any atom is 0.416 e.